The van der Waals surface area contributed by atoms with Crippen LogP contribution in [0.15, 0.2) is 0 Å². The maximum atomic E-state index is 11.0. The molecule has 0 heterocycles. The first-order valence-corrected chi connectivity index (χ1v) is 5.39. The molecule has 0 aliphatic heterocycles. The average molecular weight is 256 g/mol. The van der Waals surface area contributed by atoms with Gasteiger partial charge in [0.1, 0.15) is 0 Å². The predicted octanol–water partition coefficient (Wildman–Crippen LogP) is 0.928. The van der Waals surface area contributed by atoms with Crippen molar-refractivity contribution in [1.29, 1.82) is 0 Å². The first-order chi connectivity index (χ1) is 6.93. The van der Waals surface area contributed by atoms with E-state index < -0.39 is 23.8 Å². The molecule has 1 rings (SSSR count). The first kappa shape index (κ1) is 16.2. The van der Waals surface area contributed by atoms with E-state index in [1.807, 2.05) is 0 Å². The second kappa shape index (κ2) is 6.82. The van der Waals surface area contributed by atoms with Gasteiger partial charge in [0.2, 0.25) is 0 Å². The summed E-state index contributed by atoms with van der Waals surface area (Å²) in [6.07, 6.45) is 1.83. The van der Waals surface area contributed by atoms with E-state index in [1.165, 1.54) is 0 Å². The van der Waals surface area contributed by atoms with Crippen molar-refractivity contribution < 1.29 is 19.8 Å². The zero-order valence-corrected chi connectivity index (χ0v) is 9.14. The number of carboxylic acids is 2. The Morgan fingerprint density at radius 1 is 1.06 bits per heavy atom. The summed E-state index contributed by atoms with van der Waals surface area (Å²) in [4.78, 5) is 21.9. The molecule has 3 atom stereocenters. The second-order valence-corrected chi connectivity index (χ2v) is 4.71. The fourth-order valence-corrected chi connectivity index (χ4v) is 2.38. The molecule has 1 aliphatic carbocycles. The van der Waals surface area contributed by atoms with Crippen molar-refractivity contribution in [3.63, 3.8) is 0 Å². The average Bonchev–Trinajstić information content (AvgIpc) is 2.16. The summed E-state index contributed by atoms with van der Waals surface area (Å²) < 4.78 is 0. The van der Waals surface area contributed by atoms with Gasteiger partial charge in [-0.2, -0.15) is 0 Å². The molecular formula is C11H20CaO4. The van der Waals surface area contributed by atoms with Crippen molar-refractivity contribution in [3.8, 4) is 0 Å². The second-order valence-electron chi connectivity index (χ2n) is 4.71. The monoisotopic (exact) mass is 256 g/mol. The minimum atomic E-state index is -0.968. The standard InChI is InChI=1S/C11H18O4.Ca.2H/c1-6(2)7-3-4-8(10(12)13)9(5-7)11(14)15;;;/h6-9H,3-5H2,1-2H3,(H,12,13)(H,14,15);;;. The SMILES string of the molecule is CC(C)C1CCC(C(=O)O)C(C(=O)O)C1.[CaH2]. The van der Waals surface area contributed by atoms with E-state index >= 15 is 0 Å². The van der Waals surface area contributed by atoms with Gasteiger partial charge in [-0.25, -0.2) is 0 Å². The molecule has 0 radical (unpaired) electrons. The van der Waals surface area contributed by atoms with E-state index in [1.54, 1.807) is 0 Å². The van der Waals surface area contributed by atoms with Crippen LogP contribution in [-0.4, -0.2) is 59.9 Å². The van der Waals surface area contributed by atoms with Crippen LogP contribution in [0.2, 0.25) is 0 Å². The van der Waals surface area contributed by atoms with Gasteiger partial charge in [-0.05, 0) is 31.1 Å². The van der Waals surface area contributed by atoms with Crippen molar-refractivity contribution in [2.75, 3.05) is 0 Å². The van der Waals surface area contributed by atoms with E-state index in [2.05, 4.69) is 13.8 Å². The molecule has 2 N–H and O–H groups in total. The molecule has 0 spiro atoms. The molecule has 3 unspecified atom stereocenters. The van der Waals surface area contributed by atoms with E-state index in [0.29, 0.717) is 24.7 Å². The van der Waals surface area contributed by atoms with Crippen LogP contribution < -0.4 is 0 Å². The fraction of sp³-hybridized carbons (Fsp3) is 0.818. The topological polar surface area (TPSA) is 74.6 Å². The van der Waals surface area contributed by atoms with E-state index in [4.69, 9.17) is 10.2 Å². The molecule has 5 heteroatoms. The van der Waals surface area contributed by atoms with Gasteiger partial charge < -0.3 is 10.2 Å². The summed E-state index contributed by atoms with van der Waals surface area (Å²) in [5.41, 5.74) is 0. The van der Waals surface area contributed by atoms with Gasteiger partial charge in [-0.3, -0.25) is 9.59 Å². The molecule has 1 saturated carbocycles. The Morgan fingerprint density at radius 2 is 1.56 bits per heavy atom. The van der Waals surface area contributed by atoms with Crippen LogP contribution in [0.4, 0.5) is 0 Å². The Morgan fingerprint density at radius 3 is 1.94 bits per heavy atom. The van der Waals surface area contributed by atoms with Gasteiger partial charge in [-0.15, -0.1) is 0 Å². The fourth-order valence-electron chi connectivity index (χ4n) is 2.38. The van der Waals surface area contributed by atoms with Gasteiger partial charge in [-0.1, -0.05) is 13.8 Å². The molecule has 16 heavy (non-hydrogen) atoms. The summed E-state index contributed by atoms with van der Waals surface area (Å²) >= 11 is 0. The van der Waals surface area contributed by atoms with E-state index in [0.717, 1.165) is 6.42 Å². The van der Waals surface area contributed by atoms with E-state index in [-0.39, 0.29) is 37.7 Å². The third-order valence-corrected chi connectivity index (χ3v) is 3.47. The Balaban J connectivity index is 0.00000225. The van der Waals surface area contributed by atoms with Gasteiger partial charge in [0.05, 0.1) is 11.8 Å². The van der Waals surface area contributed by atoms with Crippen molar-refractivity contribution in [1.82, 2.24) is 0 Å². The first-order valence-electron chi connectivity index (χ1n) is 5.39. The Labute approximate surface area is 125 Å². The summed E-state index contributed by atoms with van der Waals surface area (Å²) in [5, 5.41) is 17.9. The molecule has 1 aliphatic rings. The minimum absolute atomic E-state index is 0. The molecule has 0 aromatic carbocycles. The van der Waals surface area contributed by atoms with Crippen molar-refractivity contribution in [3.05, 3.63) is 0 Å². The molecular weight excluding hydrogens is 236 g/mol. The van der Waals surface area contributed by atoms with Crippen LogP contribution in [0.3, 0.4) is 0 Å². The maximum absolute atomic E-state index is 11.0. The van der Waals surface area contributed by atoms with Gasteiger partial charge >= 0.3 is 49.7 Å². The van der Waals surface area contributed by atoms with Gasteiger partial charge in [0.25, 0.3) is 0 Å². The number of carboxylic acid groups (broad SMARTS) is 2. The number of rotatable bonds is 3. The molecule has 0 aromatic heterocycles. The Hall–Kier alpha value is 0.200. The van der Waals surface area contributed by atoms with Crippen LogP contribution in [0.5, 0.6) is 0 Å². The van der Waals surface area contributed by atoms with Crippen LogP contribution in [-0.2, 0) is 9.59 Å². The number of hydrogen-bond donors (Lipinski definition) is 2. The van der Waals surface area contributed by atoms with E-state index in [9.17, 15) is 9.59 Å². The van der Waals surface area contributed by atoms with Crippen LogP contribution >= 0.6 is 0 Å². The van der Waals surface area contributed by atoms with Gasteiger partial charge in [0.15, 0.2) is 0 Å². The van der Waals surface area contributed by atoms with Crippen LogP contribution in [0.25, 0.3) is 0 Å². The van der Waals surface area contributed by atoms with Crippen molar-refractivity contribution in [2.45, 2.75) is 33.1 Å². The summed E-state index contributed by atoms with van der Waals surface area (Å²) in [6, 6.07) is 0. The molecule has 1 fully saturated rings. The zero-order valence-electron chi connectivity index (χ0n) is 9.14. The number of hydrogen-bond acceptors (Lipinski definition) is 2. The molecule has 0 bridgehead atoms. The summed E-state index contributed by atoms with van der Waals surface area (Å²) in [7, 11) is 0. The summed E-state index contributed by atoms with van der Waals surface area (Å²) in [5.74, 6) is -2.55. The Bertz CT molecular complexity index is 265. The molecule has 0 aromatic rings. The quantitative estimate of drug-likeness (QED) is 0.737. The van der Waals surface area contributed by atoms with Gasteiger partial charge in [0, 0.05) is 0 Å². The van der Waals surface area contributed by atoms with Crippen molar-refractivity contribution >= 4 is 49.7 Å². The third kappa shape index (κ3) is 3.90. The molecule has 90 valence electrons. The van der Waals surface area contributed by atoms with Crippen LogP contribution in [0.1, 0.15) is 33.1 Å². The summed E-state index contributed by atoms with van der Waals surface area (Å²) in [6.45, 7) is 4.12. The molecule has 4 nitrogen and oxygen atoms in total. The normalized spacial score (nSPS) is 29.6. The number of carbonyl (C=O) groups is 2. The Kier molecular flexibility index (Phi) is 6.90. The molecule has 0 saturated heterocycles. The third-order valence-electron chi connectivity index (χ3n) is 3.47. The predicted molar refractivity (Wildman–Crippen MR) is 63.0 cm³/mol. The van der Waals surface area contributed by atoms with Crippen LogP contribution in [0, 0.1) is 23.7 Å². The zero-order chi connectivity index (χ0) is 11.6. The molecule has 0 amide bonds. The van der Waals surface area contributed by atoms with Crippen molar-refractivity contribution in [2.24, 2.45) is 23.7 Å². The number of aliphatic carboxylic acids is 2.